The second-order valence-electron chi connectivity index (χ2n) is 5.04. The maximum absolute atomic E-state index is 5.71. The zero-order chi connectivity index (χ0) is 12.8. The fraction of sp³-hybridized carbons (Fsp3) is 0.846. The van der Waals surface area contributed by atoms with Gasteiger partial charge in [-0.15, -0.1) is 5.10 Å². The predicted octanol–water partition coefficient (Wildman–Crippen LogP) is 2.20. The van der Waals surface area contributed by atoms with Gasteiger partial charge in [-0.25, -0.2) is 0 Å². The number of nitrogens with zero attached hydrogens (tertiary/aromatic N) is 3. The lowest BCUT2D eigenvalue weighted by molar-refractivity contribution is 0.457. The van der Waals surface area contributed by atoms with Gasteiger partial charge in [0.1, 0.15) is 0 Å². The molecule has 0 spiro atoms. The standard InChI is InChI=1S/C13H24N4O/c1-3-7-14-9-12-15-16-13(18-12)17(8-4-2)10-11-5-6-11/h11,14H,3-10H2,1-2H3. The Kier molecular flexibility index (Phi) is 4.99. The summed E-state index contributed by atoms with van der Waals surface area (Å²) < 4.78 is 5.71. The third-order valence-corrected chi connectivity index (χ3v) is 3.10. The maximum Gasteiger partial charge on any atom is 0.318 e. The van der Waals surface area contributed by atoms with Gasteiger partial charge in [0, 0.05) is 13.1 Å². The monoisotopic (exact) mass is 252 g/mol. The van der Waals surface area contributed by atoms with E-state index >= 15 is 0 Å². The van der Waals surface area contributed by atoms with Crippen molar-refractivity contribution in [3.63, 3.8) is 0 Å². The van der Waals surface area contributed by atoms with Gasteiger partial charge in [-0.3, -0.25) is 0 Å². The van der Waals surface area contributed by atoms with E-state index in [1.807, 2.05) is 0 Å². The van der Waals surface area contributed by atoms with Crippen LogP contribution in [0, 0.1) is 5.92 Å². The van der Waals surface area contributed by atoms with Crippen molar-refractivity contribution in [2.24, 2.45) is 5.92 Å². The van der Waals surface area contributed by atoms with E-state index in [1.165, 1.54) is 12.8 Å². The number of aromatic nitrogens is 2. The lowest BCUT2D eigenvalue weighted by Crippen LogP contribution is -2.26. The molecule has 1 aromatic rings. The van der Waals surface area contributed by atoms with Crippen LogP contribution >= 0.6 is 0 Å². The van der Waals surface area contributed by atoms with E-state index < -0.39 is 0 Å². The van der Waals surface area contributed by atoms with E-state index in [1.54, 1.807) is 0 Å². The van der Waals surface area contributed by atoms with Gasteiger partial charge in [0.05, 0.1) is 6.54 Å². The van der Waals surface area contributed by atoms with Crippen molar-refractivity contribution >= 4 is 6.01 Å². The molecule has 18 heavy (non-hydrogen) atoms. The average molecular weight is 252 g/mol. The summed E-state index contributed by atoms with van der Waals surface area (Å²) in [4.78, 5) is 2.23. The Morgan fingerprint density at radius 3 is 2.78 bits per heavy atom. The highest BCUT2D eigenvalue weighted by Crippen LogP contribution is 2.31. The molecule has 1 fully saturated rings. The van der Waals surface area contributed by atoms with E-state index in [2.05, 4.69) is 34.3 Å². The molecule has 0 aromatic carbocycles. The molecule has 1 aromatic heterocycles. The third kappa shape index (κ3) is 3.98. The highest BCUT2D eigenvalue weighted by molar-refractivity contribution is 5.24. The number of anilines is 1. The normalized spacial score (nSPS) is 15.0. The van der Waals surface area contributed by atoms with Gasteiger partial charge in [0.2, 0.25) is 5.89 Å². The highest BCUT2D eigenvalue weighted by atomic mass is 16.4. The number of nitrogens with one attached hydrogen (secondary N) is 1. The van der Waals surface area contributed by atoms with Crippen LogP contribution in [0.1, 0.15) is 45.4 Å². The van der Waals surface area contributed by atoms with Gasteiger partial charge in [-0.2, -0.15) is 0 Å². The lowest BCUT2D eigenvalue weighted by Gasteiger charge is -2.18. The van der Waals surface area contributed by atoms with E-state index in [0.717, 1.165) is 38.4 Å². The first-order valence-electron chi connectivity index (χ1n) is 7.11. The molecule has 1 saturated carbocycles. The third-order valence-electron chi connectivity index (χ3n) is 3.10. The molecule has 0 atom stereocenters. The maximum atomic E-state index is 5.71. The number of hydrogen-bond donors (Lipinski definition) is 1. The Bertz CT molecular complexity index is 349. The Morgan fingerprint density at radius 2 is 2.11 bits per heavy atom. The zero-order valence-electron chi connectivity index (χ0n) is 11.5. The lowest BCUT2D eigenvalue weighted by atomic mass is 10.3. The minimum absolute atomic E-state index is 0.671. The molecular formula is C13H24N4O. The van der Waals surface area contributed by atoms with Crippen LogP contribution < -0.4 is 10.2 Å². The zero-order valence-corrected chi connectivity index (χ0v) is 11.5. The SMILES string of the molecule is CCCNCc1nnc(N(CCC)CC2CC2)o1. The molecular weight excluding hydrogens is 228 g/mol. The molecule has 0 bridgehead atoms. The fourth-order valence-corrected chi connectivity index (χ4v) is 1.96. The number of hydrogen-bond acceptors (Lipinski definition) is 5. The van der Waals surface area contributed by atoms with Gasteiger partial charge in [-0.1, -0.05) is 18.9 Å². The van der Waals surface area contributed by atoms with Crippen LogP contribution in [0.3, 0.4) is 0 Å². The first-order chi connectivity index (χ1) is 8.83. The quantitative estimate of drug-likeness (QED) is 0.683. The Hall–Kier alpha value is -1.10. The largest absolute Gasteiger partial charge is 0.407 e. The molecule has 0 saturated heterocycles. The van der Waals surface area contributed by atoms with Crippen LogP contribution in [0.15, 0.2) is 4.42 Å². The Balaban J connectivity index is 1.88. The van der Waals surface area contributed by atoms with E-state index in [-0.39, 0.29) is 0 Å². The molecule has 0 unspecified atom stereocenters. The van der Waals surface area contributed by atoms with Crippen LogP contribution in [0.2, 0.25) is 0 Å². The summed E-state index contributed by atoms with van der Waals surface area (Å²) in [5.74, 6) is 1.53. The summed E-state index contributed by atoms with van der Waals surface area (Å²) in [5, 5.41) is 11.5. The molecule has 0 aliphatic heterocycles. The topological polar surface area (TPSA) is 54.2 Å². The van der Waals surface area contributed by atoms with Crippen LogP contribution in [0.5, 0.6) is 0 Å². The fourth-order valence-electron chi connectivity index (χ4n) is 1.96. The average Bonchev–Trinajstić information content (AvgIpc) is 3.06. The molecule has 102 valence electrons. The van der Waals surface area contributed by atoms with Crippen molar-refractivity contribution in [3.05, 3.63) is 5.89 Å². The van der Waals surface area contributed by atoms with Crippen LogP contribution in [-0.4, -0.2) is 29.8 Å². The second-order valence-corrected chi connectivity index (χ2v) is 5.04. The second kappa shape index (κ2) is 6.73. The molecule has 0 radical (unpaired) electrons. The van der Waals surface area contributed by atoms with Gasteiger partial charge in [-0.05, 0) is 38.1 Å². The first-order valence-corrected chi connectivity index (χ1v) is 7.11. The van der Waals surface area contributed by atoms with Gasteiger partial charge >= 0.3 is 6.01 Å². The minimum Gasteiger partial charge on any atom is -0.407 e. The van der Waals surface area contributed by atoms with Crippen molar-refractivity contribution in [1.82, 2.24) is 15.5 Å². The Labute approximate surface area is 109 Å². The predicted molar refractivity (Wildman–Crippen MR) is 71.5 cm³/mol. The summed E-state index contributed by atoms with van der Waals surface area (Å²) in [7, 11) is 0. The summed E-state index contributed by atoms with van der Waals surface area (Å²) in [6.45, 7) is 8.05. The van der Waals surface area contributed by atoms with Crippen molar-refractivity contribution in [2.45, 2.75) is 46.1 Å². The summed E-state index contributed by atoms with van der Waals surface area (Å²) >= 11 is 0. The van der Waals surface area contributed by atoms with Gasteiger partial charge in [0.25, 0.3) is 0 Å². The van der Waals surface area contributed by atoms with Crippen molar-refractivity contribution < 1.29 is 4.42 Å². The molecule has 5 nitrogen and oxygen atoms in total. The van der Waals surface area contributed by atoms with Crippen LogP contribution in [0.4, 0.5) is 6.01 Å². The van der Waals surface area contributed by atoms with Crippen molar-refractivity contribution in [1.29, 1.82) is 0 Å². The first kappa shape index (κ1) is 13.3. The molecule has 1 heterocycles. The molecule has 1 N–H and O–H groups in total. The van der Waals surface area contributed by atoms with Crippen LogP contribution in [-0.2, 0) is 6.54 Å². The summed E-state index contributed by atoms with van der Waals surface area (Å²) in [6.07, 6.45) is 4.92. The smallest absolute Gasteiger partial charge is 0.318 e. The number of rotatable bonds is 9. The highest BCUT2D eigenvalue weighted by Gasteiger charge is 2.26. The molecule has 0 amide bonds. The van der Waals surface area contributed by atoms with Crippen molar-refractivity contribution in [3.8, 4) is 0 Å². The van der Waals surface area contributed by atoms with E-state index in [0.29, 0.717) is 18.5 Å². The Morgan fingerprint density at radius 1 is 1.28 bits per heavy atom. The summed E-state index contributed by atoms with van der Waals surface area (Å²) in [5.41, 5.74) is 0. The molecule has 2 rings (SSSR count). The van der Waals surface area contributed by atoms with Gasteiger partial charge < -0.3 is 14.6 Å². The van der Waals surface area contributed by atoms with Crippen LogP contribution in [0.25, 0.3) is 0 Å². The minimum atomic E-state index is 0.671. The summed E-state index contributed by atoms with van der Waals surface area (Å²) in [6, 6.07) is 0.692. The van der Waals surface area contributed by atoms with Crippen molar-refractivity contribution in [2.75, 3.05) is 24.5 Å². The molecule has 5 heteroatoms. The van der Waals surface area contributed by atoms with E-state index in [9.17, 15) is 0 Å². The molecule has 1 aliphatic rings. The van der Waals surface area contributed by atoms with Gasteiger partial charge in [0.15, 0.2) is 0 Å². The van der Waals surface area contributed by atoms with E-state index in [4.69, 9.17) is 4.42 Å². The molecule has 1 aliphatic carbocycles.